The van der Waals surface area contributed by atoms with Gasteiger partial charge < -0.3 is 24.4 Å². The number of methoxy groups -OCH3 is 2. The lowest BCUT2D eigenvalue weighted by Gasteiger charge is -2.38. The predicted octanol–water partition coefficient (Wildman–Crippen LogP) is 2.95. The smallest absolute Gasteiger partial charge is 0.317 e. The number of rotatable bonds is 7. The first-order chi connectivity index (χ1) is 13.1. The summed E-state index contributed by atoms with van der Waals surface area (Å²) in [6, 6.07) is 11.9. The van der Waals surface area contributed by atoms with Crippen LogP contribution in [0.2, 0.25) is 0 Å². The molecule has 1 aliphatic rings. The van der Waals surface area contributed by atoms with Gasteiger partial charge in [-0.2, -0.15) is 0 Å². The lowest BCUT2D eigenvalue weighted by Crippen LogP contribution is -2.57. The molecule has 2 aromatic carbocycles. The molecule has 1 fully saturated rings. The molecule has 1 heterocycles. The summed E-state index contributed by atoms with van der Waals surface area (Å²) in [4.78, 5) is 13.9. The monoisotopic (exact) mass is 374 g/mol. The Bertz CT molecular complexity index is 793. The molecule has 1 saturated heterocycles. The Morgan fingerprint density at radius 2 is 1.85 bits per heavy atom. The van der Waals surface area contributed by atoms with Gasteiger partial charge >= 0.3 is 6.03 Å². The van der Waals surface area contributed by atoms with Gasteiger partial charge in [0.05, 0.1) is 40.0 Å². The van der Waals surface area contributed by atoms with E-state index in [2.05, 4.69) is 5.32 Å². The van der Waals surface area contributed by atoms with Crippen molar-refractivity contribution in [2.24, 2.45) is 0 Å². The predicted molar refractivity (Wildman–Crippen MR) is 98.3 cm³/mol. The molecular weight excluding hydrogens is 351 g/mol. The molecular formula is C20H23FN2O4. The second kappa shape index (κ2) is 8.73. The molecule has 0 spiro atoms. The molecule has 0 atom stereocenters. The van der Waals surface area contributed by atoms with E-state index in [9.17, 15) is 9.18 Å². The molecule has 27 heavy (non-hydrogen) atoms. The van der Waals surface area contributed by atoms with Crippen LogP contribution >= 0.6 is 0 Å². The number of nitrogens with zero attached hydrogens (tertiary/aromatic N) is 1. The summed E-state index contributed by atoms with van der Waals surface area (Å²) in [6.45, 7) is 1.50. The van der Waals surface area contributed by atoms with Gasteiger partial charge in [-0.1, -0.05) is 30.3 Å². The topological polar surface area (TPSA) is 60.0 Å². The average Bonchev–Trinajstić information content (AvgIpc) is 2.65. The number of benzene rings is 2. The molecule has 6 nitrogen and oxygen atoms in total. The zero-order valence-electron chi connectivity index (χ0n) is 15.4. The molecule has 7 heteroatoms. The fraction of sp³-hybridized carbons (Fsp3) is 0.350. The van der Waals surface area contributed by atoms with Crippen LogP contribution in [-0.2, 0) is 17.9 Å². The van der Waals surface area contributed by atoms with E-state index in [4.69, 9.17) is 14.2 Å². The largest absolute Gasteiger partial charge is 0.493 e. The Kier molecular flexibility index (Phi) is 6.13. The molecule has 0 aliphatic carbocycles. The molecule has 0 saturated carbocycles. The minimum absolute atomic E-state index is 0.0817. The highest BCUT2D eigenvalue weighted by molar-refractivity contribution is 5.75. The molecule has 144 valence electrons. The van der Waals surface area contributed by atoms with Crippen molar-refractivity contribution in [3.05, 3.63) is 59.4 Å². The minimum atomic E-state index is -0.279. The number of urea groups is 1. The maximum Gasteiger partial charge on any atom is 0.317 e. The second-order valence-electron chi connectivity index (χ2n) is 6.24. The third kappa shape index (κ3) is 4.49. The molecule has 0 unspecified atom stereocenters. The van der Waals surface area contributed by atoms with Gasteiger partial charge in [0.25, 0.3) is 0 Å². The van der Waals surface area contributed by atoms with E-state index in [1.807, 2.05) is 12.1 Å². The number of nitrogens with one attached hydrogen (secondary N) is 1. The van der Waals surface area contributed by atoms with Gasteiger partial charge in [0.1, 0.15) is 5.82 Å². The van der Waals surface area contributed by atoms with Gasteiger partial charge in [-0.25, -0.2) is 9.18 Å². The fourth-order valence-corrected chi connectivity index (χ4v) is 2.91. The Balaban J connectivity index is 1.44. The van der Waals surface area contributed by atoms with Gasteiger partial charge in [-0.3, -0.25) is 0 Å². The van der Waals surface area contributed by atoms with Crippen molar-refractivity contribution in [3.63, 3.8) is 0 Å². The van der Waals surface area contributed by atoms with Crippen molar-refractivity contribution in [1.29, 1.82) is 0 Å². The molecule has 3 rings (SSSR count). The van der Waals surface area contributed by atoms with Crippen LogP contribution in [-0.4, -0.2) is 44.3 Å². The molecule has 1 N–H and O–H groups in total. The van der Waals surface area contributed by atoms with Gasteiger partial charge in [0.15, 0.2) is 11.5 Å². The summed E-state index contributed by atoms with van der Waals surface area (Å²) in [5.74, 6) is 0.948. The summed E-state index contributed by atoms with van der Waals surface area (Å²) in [5.41, 5.74) is 1.35. The molecule has 0 radical (unpaired) electrons. The molecule has 0 aromatic heterocycles. The average molecular weight is 374 g/mol. The highest BCUT2D eigenvalue weighted by Crippen LogP contribution is 2.30. The van der Waals surface area contributed by atoms with Crippen LogP contribution < -0.4 is 14.8 Å². The summed E-state index contributed by atoms with van der Waals surface area (Å²) < 4.78 is 29.8. The van der Waals surface area contributed by atoms with E-state index in [1.54, 1.807) is 43.4 Å². The highest BCUT2D eigenvalue weighted by atomic mass is 19.1. The molecule has 1 aliphatic heterocycles. The summed E-state index contributed by atoms with van der Waals surface area (Å²) in [7, 11) is 3.14. The number of para-hydroxylation sites is 1. The van der Waals surface area contributed by atoms with Crippen LogP contribution in [0, 0.1) is 5.82 Å². The number of hydrogen-bond donors (Lipinski definition) is 1. The lowest BCUT2D eigenvalue weighted by molar-refractivity contribution is -0.0450. The van der Waals surface area contributed by atoms with E-state index in [1.165, 1.54) is 6.07 Å². The van der Waals surface area contributed by atoms with Crippen molar-refractivity contribution in [3.8, 4) is 11.5 Å². The molecule has 0 bridgehead atoms. The zero-order valence-corrected chi connectivity index (χ0v) is 15.4. The van der Waals surface area contributed by atoms with Crippen LogP contribution in [0.4, 0.5) is 9.18 Å². The van der Waals surface area contributed by atoms with Crippen LogP contribution in [0.3, 0.4) is 0 Å². The number of carbonyl (C=O) groups is 1. The Morgan fingerprint density at radius 1 is 1.11 bits per heavy atom. The van der Waals surface area contributed by atoms with Crippen LogP contribution in [0.1, 0.15) is 11.1 Å². The summed E-state index contributed by atoms with van der Waals surface area (Å²) in [6.07, 6.45) is -0.0817. The number of amides is 2. The first kappa shape index (κ1) is 19.0. The third-order valence-electron chi connectivity index (χ3n) is 4.48. The van der Waals surface area contributed by atoms with E-state index >= 15 is 0 Å². The fourth-order valence-electron chi connectivity index (χ4n) is 2.91. The van der Waals surface area contributed by atoms with Crippen molar-refractivity contribution in [1.82, 2.24) is 10.2 Å². The first-order valence-corrected chi connectivity index (χ1v) is 8.70. The van der Waals surface area contributed by atoms with Crippen molar-refractivity contribution >= 4 is 6.03 Å². The van der Waals surface area contributed by atoms with Crippen LogP contribution in [0.25, 0.3) is 0 Å². The first-order valence-electron chi connectivity index (χ1n) is 8.70. The van der Waals surface area contributed by atoms with E-state index in [-0.39, 0.29) is 24.6 Å². The maximum atomic E-state index is 13.6. The Morgan fingerprint density at radius 3 is 2.56 bits per heavy atom. The Hall–Kier alpha value is -2.80. The van der Waals surface area contributed by atoms with E-state index in [0.717, 1.165) is 5.56 Å². The lowest BCUT2D eigenvalue weighted by atomic mass is 10.1. The van der Waals surface area contributed by atoms with Gasteiger partial charge in [-0.15, -0.1) is 0 Å². The SMILES string of the molecule is COc1cccc(CNC(=O)N2CC(OCc3ccccc3F)C2)c1OC. The van der Waals surface area contributed by atoms with Crippen molar-refractivity contribution in [2.75, 3.05) is 27.3 Å². The number of carbonyl (C=O) groups excluding carboxylic acids is 1. The van der Waals surface area contributed by atoms with Gasteiger partial charge in [0.2, 0.25) is 0 Å². The van der Waals surface area contributed by atoms with Gasteiger partial charge in [0, 0.05) is 17.7 Å². The van der Waals surface area contributed by atoms with Crippen LogP contribution in [0.15, 0.2) is 42.5 Å². The number of hydrogen-bond acceptors (Lipinski definition) is 4. The van der Waals surface area contributed by atoms with E-state index in [0.29, 0.717) is 36.7 Å². The van der Waals surface area contributed by atoms with E-state index < -0.39 is 0 Å². The normalized spacial score (nSPS) is 13.8. The molecule has 2 amide bonds. The summed E-state index contributed by atoms with van der Waals surface area (Å²) in [5, 5.41) is 2.87. The molecule has 2 aromatic rings. The number of halogens is 1. The standard InChI is InChI=1S/C20H23FN2O4/c1-25-18-9-5-7-14(19(18)26-2)10-22-20(24)23-11-16(12-23)27-13-15-6-3-4-8-17(15)21/h3-9,16H,10-13H2,1-2H3,(H,22,24). The second-order valence-corrected chi connectivity index (χ2v) is 6.24. The van der Waals surface area contributed by atoms with Crippen LogP contribution in [0.5, 0.6) is 11.5 Å². The minimum Gasteiger partial charge on any atom is -0.493 e. The highest BCUT2D eigenvalue weighted by Gasteiger charge is 2.31. The Labute approximate surface area is 157 Å². The maximum absolute atomic E-state index is 13.6. The number of likely N-dealkylation sites (tertiary alicyclic amines) is 1. The van der Waals surface area contributed by atoms with Crippen molar-refractivity contribution < 1.29 is 23.4 Å². The number of ether oxygens (including phenoxy) is 3. The zero-order chi connectivity index (χ0) is 19.2. The third-order valence-corrected chi connectivity index (χ3v) is 4.48. The van der Waals surface area contributed by atoms with Crippen molar-refractivity contribution in [2.45, 2.75) is 19.3 Å². The summed E-state index contributed by atoms with van der Waals surface area (Å²) >= 11 is 0. The quantitative estimate of drug-likeness (QED) is 0.810. The van der Waals surface area contributed by atoms with Gasteiger partial charge in [-0.05, 0) is 12.1 Å².